The molecule has 0 aromatic heterocycles. The van der Waals surface area contributed by atoms with E-state index in [0.717, 1.165) is 24.7 Å². The van der Waals surface area contributed by atoms with Crippen LogP contribution in [-0.4, -0.2) is 35.8 Å². The Hall–Kier alpha value is -0.740. The molecule has 5 heteroatoms. The van der Waals surface area contributed by atoms with Crippen LogP contribution in [0.25, 0.3) is 0 Å². The van der Waals surface area contributed by atoms with E-state index in [4.69, 9.17) is 16.3 Å². The molecule has 0 aliphatic rings. The highest BCUT2D eigenvalue weighted by Gasteiger charge is 2.12. The summed E-state index contributed by atoms with van der Waals surface area (Å²) in [6, 6.07) is 7.07. The first kappa shape index (κ1) is 16.3. The third kappa shape index (κ3) is 6.30. The van der Waals surface area contributed by atoms with Crippen LogP contribution < -0.4 is 4.74 Å². The summed E-state index contributed by atoms with van der Waals surface area (Å²) in [5.41, 5.74) is 0. The molecule has 0 spiro atoms. The molecule has 1 aromatic carbocycles. The van der Waals surface area contributed by atoms with E-state index in [2.05, 4.69) is 22.9 Å². The van der Waals surface area contributed by atoms with E-state index in [0.29, 0.717) is 17.3 Å². The number of carbonyl (C=O) groups excluding carboxylic acids is 1. The summed E-state index contributed by atoms with van der Waals surface area (Å²) in [7, 11) is 0. The number of rotatable bonds is 8. The number of hydrogen-bond donors (Lipinski definition) is 0. The van der Waals surface area contributed by atoms with Gasteiger partial charge in [-0.15, -0.1) is 0 Å². The van der Waals surface area contributed by atoms with E-state index < -0.39 is 0 Å². The second-order valence-electron chi connectivity index (χ2n) is 4.17. The van der Waals surface area contributed by atoms with Crippen molar-refractivity contribution in [3.8, 4) is 5.75 Å². The van der Waals surface area contributed by atoms with Gasteiger partial charge in [0.15, 0.2) is 6.61 Å². The Bertz CT molecular complexity index is 401. The number of unbranched alkanes of at least 4 members (excludes halogenated alkanes) is 1. The Morgan fingerprint density at radius 3 is 2.84 bits per heavy atom. The van der Waals surface area contributed by atoms with Gasteiger partial charge in [-0.2, -0.15) is 0 Å². The number of amides is 1. The van der Waals surface area contributed by atoms with Gasteiger partial charge in [0.2, 0.25) is 0 Å². The first-order valence-electron chi connectivity index (χ1n) is 6.39. The second kappa shape index (κ2) is 9.21. The van der Waals surface area contributed by atoms with Crippen LogP contribution in [-0.2, 0) is 4.79 Å². The quantitative estimate of drug-likeness (QED) is 0.670. The van der Waals surface area contributed by atoms with Crippen LogP contribution in [0.4, 0.5) is 0 Å². The van der Waals surface area contributed by atoms with E-state index in [9.17, 15) is 4.79 Å². The first-order chi connectivity index (χ1) is 9.17. The fraction of sp³-hybridized carbons (Fsp3) is 0.500. The molecule has 1 aromatic rings. The molecule has 19 heavy (non-hydrogen) atoms. The molecular formula is C14H19BrClNO2. The maximum Gasteiger partial charge on any atom is 0.260 e. The minimum absolute atomic E-state index is 0.00729. The van der Waals surface area contributed by atoms with Gasteiger partial charge in [-0.3, -0.25) is 4.79 Å². The molecule has 1 rings (SSSR count). The number of alkyl halides is 1. The van der Waals surface area contributed by atoms with Gasteiger partial charge in [0.05, 0.1) is 0 Å². The molecule has 0 bridgehead atoms. The van der Waals surface area contributed by atoms with Crippen molar-refractivity contribution >= 4 is 33.4 Å². The highest BCUT2D eigenvalue weighted by atomic mass is 79.9. The molecule has 0 heterocycles. The molecule has 106 valence electrons. The van der Waals surface area contributed by atoms with Crippen molar-refractivity contribution < 1.29 is 9.53 Å². The molecule has 0 aliphatic heterocycles. The Labute approximate surface area is 128 Å². The maximum atomic E-state index is 12.0. The third-order valence-electron chi connectivity index (χ3n) is 2.65. The van der Waals surface area contributed by atoms with Crippen LogP contribution >= 0.6 is 27.5 Å². The van der Waals surface area contributed by atoms with Crippen molar-refractivity contribution in [2.24, 2.45) is 0 Å². The number of benzene rings is 1. The summed E-state index contributed by atoms with van der Waals surface area (Å²) in [6.07, 6.45) is 2.08. The smallest absolute Gasteiger partial charge is 0.260 e. The fourth-order valence-electron chi connectivity index (χ4n) is 1.61. The molecule has 0 saturated heterocycles. The van der Waals surface area contributed by atoms with Gasteiger partial charge in [0, 0.05) is 23.4 Å². The largest absolute Gasteiger partial charge is 0.484 e. The lowest BCUT2D eigenvalue weighted by Gasteiger charge is -2.21. The first-order valence-corrected chi connectivity index (χ1v) is 7.89. The number of carbonyl (C=O) groups is 1. The average molecular weight is 349 g/mol. The van der Waals surface area contributed by atoms with Crippen molar-refractivity contribution in [1.82, 2.24) is 4.90 Å². The number of ether oxygens (including phenoxy) is 1. The van der Waals surface area contributed by atoms with Crippen LogP contribution in [0.2, 0.25) is 5.02 Å². The molecule has 0 fully saturated rings. The topological polar surface area (TPSA) is 29.5 Å². The Kier molecular flexibility index (Phi) is 7.91. The predicted octanol–water partition coefficient (Wildman–Crippen LogP) is 3.74. The molecule has 1 amide bonds. The number of nitrogens with zero attached hydrogens (tertiary/aromatic N) is 1. The minimum Gasteiger partial charge on any atom is -0.484 e. The van der Waals surface area contributed by atoms with Crippen molar-refractivity contribution in [3.63, 3.8) is 0 Å². The summed E-state index contributed by atoms with van der Waals surface area (Å²) < 4.78 is 5.46. The fourth-order valence-corrected chi connectivity index (χ4v) is 2.21. The van der Waals surface area contributed by atoms with E-state index in [1.807, 2.05) is 4.90 Å². The Balaban J connectivity index is 2.47. The van der Waals surface area contributed by atoms with Crippen LogP contribution in [0, 0.1) is 0 Å². The van der Waals surface area contributed by atoms with Crippen molar-refractivity contribution in [3.05, 3.63) is 29.3 Å². The second-order valence-corrected chi connectivity index (χ2v) is 5.40. The van der Waals surface area contributed by atoms with E-state index in [-0.39, 0.29) is 12.5 Å². The normalized spacial score (nSPS) is 10.3. The van der Waals surface area contributed by atoms with Crippen LogP contribution in [0.1, 0.15) is 19.8 Å². The lowest BCUT2D eigenvalue weighted by molar-refractivity contribution is -0.133. The molecule has 3 nitrogen and oxygen atoms in total. The number of halogens is 2. The van der Waals surface area contributed by atoms with Gasteiger partial charge in [-0.25, -0.2) is 0 Å². The summed E-state index contributed by atoms with van der Waals surface area (Å²) in [5.74, 6) is 0.628. The molecule has 0 radical (unpaired) electrons. The SMILES string of the molecule is CCCCN(CCBr)C(=O)COc1cccc(Cl)c1. The summed E-state index contributed by atoms with van der Waals surface area (Å²) >= 11 is 9.22. The zero-order chi connectivity index (χ0) is 14.1. The average Bonchev–Trinajstić information content (AvgIpc) is 2.41. The van der Waals surface area contributed by atoms with Gasteiger partial charge in [-0.05, 0) is 24.6 Å². The Morgan fingerprint density at radius 1 is 1.42 bits per heavy atom. The van der Waals surface area contributed by atoms with E-state index >= 15 is 0 Å². The summed E-state index contributed by atoms with van der Waals surface area (Å²) in [5, 5.41) is 1.38. The summed E-state index contributed by atoms with van der Waals surface area (Å²) in [6.45, 7) is 3.65. The summed E-state index contributed by atoms with van der Waals surface area (Å²) in [4.78, 5) is 13.9. The zero-order valence-electron chi connectivity index (χ0n) is 11.1. The number of hydrogen-bond acceptors (Lipinski definition) is 2. The van der Waals surface area contributed by atoms with Crippen LogP contribution in [0.5, 0.6) is 5.75 Å². The molecule has 0 saturated carbocycles. The van der Waals surface area contributed by atoms with E-state index in [1.165, 1.54) is 0 Å². The lowest BCUT2D eigenvalue weighted by Crippen LogP contribution is -2.37. The molecule has 0 N–H and O–H groups in total. The van der Waals surface area contributed by atoms with Crippen LogP contribution in [0.15, 0.2) is 24.3 Å². The van der Waals surface area contributed by atoms with E-state index in [1.54, 1.807) is 24.3 Å². The maximum absolute atomic E-state index is 12.0. The lowest BCUT2D eigenvalue weighted by atomic mass is 10.3. The predicted molar refractivity (Wildman–Crippen MR) is 82.2 cm³/mol. The third-order valence-corrected chi connectivity index (χ3v) is 3.24. The highest BCUT2D eigenvalue weighted by molar-refractivity contribution is 9.09. The van der Waals surface area contributed by atoms with Crippen molar-refractivity contribution in [2.45, 2.75) is 19.8 Å². The van der Waals surface area contributed by atoms with Gasteiger partial charge in [-0.1, -0.05) is 46.9 Å². The Morgan fingerprint density at radius 2 is 2.21 bits per heavy atom. The molecule has 0 unspecified atom stereocenters. The van der Waals surface area contributed by atoms with Crippen molar-refractivity contribution in [2.75, 3.05) is 25.0 Å². The van der Waals surface area contributed by atoms with Crippen molar-refractivity contribution in [1.29, 1.82) is 0 Å². The highest BCUT2D eigenvalue weighted by Crippen LogP contribution is 2.17. The standard InChI is InChI=1S/C14H19BrClNO2/c1-2-3-8-17(9-7-15)14(18)11-19-13-6-4-5-12(16)10-13/h4-6,10H,2-3,7-9,11H2,1H3. The van der Waals surface area contributed by atoms with Gasteiger partial charge in [0.25, 0.3) is 5.91 Å². The minimum atomic E-state index is 0.00729. The van der Waals surface area contributed by atoms with Crippen LogP contribution in [0.3, 0.4) is 0 Å². The van der Waals surface area contributed by atoms with Gasteiger partial charge >= 0.3 is 0 Å². The molecule has 0 atom stereocenters. The monoisotopic (exact) mass is 347 g/mol. The van der Waals surface area contributed by atoms with Gasteiger partial charge in [0.1, 0.15) is 5.75 Å². The zero-order valence-corrected chi connectivity index (χ0v) is 13.4. The van der Waals surface area contributed by atoms with Gasteiger partial charge < -0.3 is 9.64 Å². The molecular weight excluding hydrogens is 330 g/mol. The molecule has 0 aliphatic carbocycles.